The van der Waals surface area contributed by atoms with Crippen molar-refractivity contribution in [3.63, 3.8) is 0 Å². The lowest BCUT2D eigenvalue weighted by Crippen LogP contribution is -2.02. The summed E-state index contributed by atoms with van der Waals surface area (Å²) in [5.41, 5.74) is 1.79. The van der Waals surface area contributed by atoms with E-state index in [1.807, 2.05) is 30.3 Å². The van der Waals surface area contributed by atoms with Crippen LogP contribution in [0.3, 0.4) is 0 Å². The van der Waals surface area contributed by atoms with Crippen molar-refractivity contribution < 1.29 is 0 Å². The van der Waals surface area contributed by atoms with E-state index in [1.165, 1.54) is 0 Å². The average molecular weight is 332 g/mol. The summed E-state index contributed by atoms with van der Waals surface area (Å²) >= 11 is 19.7. The lowest BCUT2D eigenvalue weighted by Gasteiger charge is -2.05. The Hall–Kier alpha value is -0.740. The average Bonchev–Trinajstić information content (AvgIpc) is 2.96. The van der Waals surface area contributed by atoms with Crippen LogP contribution in [0.5, 0.6) is 0 Å². The third-order valence-electron chi connectivity index (χ3n) is 2.87. The molecule has 19 heavy (non-hydrogen) atoms. The SMILES string of the molecule is ClCc1nc2c(Cl)cccc2n1Cc1ccc(Cl)s1. The maximum atomic E-state index is 6.17. The first kappa shape index (κ1) is 13.3. The standard InChI is InChI=1S/C13H9Cl3N2S/c14-6-12-17-13-9(15)2-1-3-10(13)18(12)7-8-4-5-11(16)19-8/h1-5H,6-7H2. The maximum absolute atomic E-state index is 6.17. The lowest BCUT2D eigenvalue weighted by atomic mass is 10.3. The molecule has 0 aliphatic rings. The summed E-state index contributed by atoms with van der Waals surface area (Å²) in [5.74, 6) is 1.17. The molecule has 0 atom stereocenters. The first-order chi connectivity index (χ1) is 9.19. The first-order valence-electron chi connectivity index (χ1n) is 5.63. The zero-order valence-corrected chi connectivity index (χ0v) is 12.8. The fourth-order valence-electron chi connectivity index (χ4n) is 2.03. The Morgan fingerprint density at radius 1 is 1.16 bits per heavy atom. The molecule has 0 radical (unpaired) electrons. The largest absolute Gasteiger partial charge is 0.322 e. The van der Waals surface area contributed by atoms with E-state index >= 15 is 0 Å². The highest BCUT2D eigenvalue weighted by Crippen LogP contribution is 2.28. The zero-order valence-electron chi connectivity index (χ0n) is 9.74. The van der Waals surface area contributed by atoms with Gasteiger partial charge >= 0.3 is 0 Å². The van der Waals surface area contributed by atoms with Crippen molar-refractivity contribution in [3.05, 3.63) is 50.4 Å². The van der Waals surface area contributed by atoms with E-state index in [0.29, 0.717) is 17.4 Å². The summed E-state index contributed by atoms with van der Waals surface area (Å²) in [6.45, 7) is 0.705. The van der Waals surface area contributed by atoms with Crippen LogP contribution >= 0.6 is 46.1 Å². The fraction of sp³-hybridized carbons (Fsp3) is 0.154. The number of rotatable bonds is 3. The molecule has 0 aliphatic carbocycles. The van der Waals surface area contributed by atoms with Crippen LogP contribution in [0.2, 0.25) is 9.36 Å². The molecular weight excluding hydrogens is 323 g/mol. The van der Waals surface area contributed by atoms with Crippen molar-refractivity contribution >= 4 is 57.2 Å². The molecule has 0 fully saturated rings. The van der Waals surface area contributed by atoms with E-state index < -0.39 is 0 Å². The van der Waals surface area contributed by atoms with Gasteiger partial charge in [0.05, 0.1) is 27.3 Å². The molecule has 0 saturated heterocycles. The maximum Gasteiger partial charge on any atom is 0.125 e. The number of hydrogen-bond donors (Lipinski definition) is 0. The zero-order chi connectivity index (χ0) is 13.4. The number of fused-ring (bicyclic) bond motifs is 1. The Morgan fingerprint density at radius 3 is 2.68 bits per heavy atom. The van der Waals surface area contributed by atoms with Gasteiger partial charge in [0, 0.05) is 4.88 Å². The van der Waals surface area contributed by atoms with Crippen LogP contribution in [0.1, 0.15) is 10.7 Å². The van der Waals surface area contributed by atoms with Gasteiger partial charge in [-0.15, -0.1) is 22.9 Å². The normalized spacial score (nSPS) is 11.3. The second-order valence-corrected chi connectivity index (χ2v) is 6.54. The van der Waals surface area contributed by atoms with Gasteiger partial charge in [-0.2, -0.15) is 0 Å². The Morgan fingerprint density at radius 2 is 2.00 bits per heavy atom. The molecule has 98 valence electrons. The predicted molar refractivity (Wildman–Crippen MR) is 82.7 cm³/mol. The molecule has 0 unspecified atom stereocenters. The summed E-state index contributed by atoms with van der Waals surface area (Å²) in [5, 5.41) is 0.645. The number of aromatic nitrogens is 2. The van der Waals surface area contributed by atoms with Gasteiger partial charge in [0.2, 0.25) is 0 Å². The van der Waals surface area contributed by atoms with Crippen LogP contribution < -0.4 is 0 Å². The number of benzene rings is 1. The molecule has 2 aromatic heterocycles. The van der Waals surface area contributed by atoms with Crippen molar-refractivity contribution in [3.8, 4) is 0 Å². The number of halogens is 3. The number of nitrogens with zero attached hydrogens (tertiary/aromatic N) is 2. The molecule has 0 spiro atoms. The minimum absolute atomic E-state index is 0.351. The predicted octanol–water partition coefficient (Wildman–Crippen LogP) is 5.19. The monoisotopic (exact) mass is 330 g/mol. The van der Waals surface area contributed by atoms with Gasteiger partial charge in [-0.1, -0.05) is 29.3 Å². The highest BCUT2D eigenvalue weighted by atomic mass is 35.5. The van der Waals surface area contributed by atoms with E-state index in [1.54, 1.807) is 11.3 Å². The van der Waals surface area contributed by atoms with Gasteiger partial charge in [0.25, 0.3) is 0 Å². The Balaban J connectivity index is 2.13. The second-order valence-electron chi connectivity index (χ2n) is 4.06. The van der Waals surface area contributed by atoms with Crippen LogP contribution in [0.15, 0.2) is 30.3 Å². The van der Waals surface area contributed by atoms with Gasteiger partial charge in [0.15, 0.2) is 0 Å². The lowest BCUT2D eigenvalue weighted by molar-refractivity contribution is 0.789. The first-order valence-corrected chi connectivity index (χ1v) is 7.73. The van der Waals surface area contributed by atoms with Gasteiger partial charge in [-0.05, 0) is 24.3 Å². The second kappa shape index (κ2) is 5.33. The fourth-order valence-corrected chi connectivity index (χ4v) is 3.52. The van der Waals surface area contributed by atoms with Crippen molar-refractivity contribution in [2.75, 3.05) is 0 Å². The van der Waals surface area contributed by atoms with E-state index in [9.17, 15) is 0 Å². The van der Waals surface area contributed by atoms with Gasteiger partial charge in [-0.25, -0.2) is 4.98 Å². The Bertz CT molecular complexity index is 733. The summed E-state index contributed by atoms with van der Waals surface area (Å²) < 4.78 is 2.86. The third-order valence-corrected chi connectivity index (χ3v) is 4.63. The molecular formula is C13H9Cl3N2S. The van der Waals surface area contributed by atoms with E-state index in [-0.39, 0.29) is 0 Å². The van der Waals surface area contributed by atoms with Crippen LogP contribution in [0, 0.1) is 0 Å². The summed E-state index contributed by atoms with van der Waals surface area (Å²) in [6.07, 6.45) is 0. The molecule has 2 nitrogen and oxygen atoms in total. The van der Waals surface area contributed by atoms with Crippen molar-refractivity contribution in [1.29, 1.82) is 0 Å². The van der Waals surface area contributed by atoms with Gasteiger partial charge in [0.1, 0.15) is 11.3 Å². The summed E-state index contributed by atoms with van der Waals surface area (Å²) in [7, 11) is 0. The molecule has 3 aromatic rings. The molecule has 1 aromatic carbocycles. The van der Waals surface area contributed by atoms with Crippen LogP contribution in [0.4, 0.5) is 0 Å². The molecule has 0 N–H and O–H groups in total. The minimum Gasteiger partial charge on any atom is -0.322 e. The van der Waals surface area contributed by atoms with E-state index in [4.69, 9.17) is 34.8 Å². The Kier molecular flexibility index (Phi) is 3.72. The number of para-hydroxylation sites is 1. The number of imidazole rings is 1. The molecule has 0 amide bonds. The molecule has 0 bridgehead atoms. The third kappa shape index (κ3) is 2.48. The minimum atomic E-state index is 0.351. The molecule has 3 rings (SSSR count). The highest BCUT2D eigenvalue weighted by molar-refractivity contribution is 7.16. The van der Waals surface area contributed by atoms with Gasteiger partial charge < -0.3 is 4.57 Å². The highest BCUT2D eigenvalue weighted by Gasteiger charge is 2.13. The molecule has 0 aliphatic heterocycles. The van der Waals surface area contributed by atoms with Crippen LogP contribution in [-0.2, 0) is 12.4 Å². The topological polar surface area (TPSA) is 17.8 Å². The molecule has 0 saturated carbocycles. The van der Waals surface area contributed by atoms with E-state index in [0.717, 1.165) is 26.1 Å². The smallest absolute Gasteiger partial charge is 0.125 e. The van der Waals surface area contributed by atoms with Crippen molar-refractivity contribution in [2.24, 2.45) is 0 Å². The van der Waals surface area contributed by atoms with Crippen LogP contribution in [-0.4, -0.2) is 9.55 Å². The molecule has 6 heteroatoms. The number of thiophene rings is 1. The summed E-state index contributed by atoms with van der Waals surface area (Å²) in [4.78, 5) is 5.67. The van der Waals surface area contributed by atoms with Crippen LogP contribution in [0.25, 0.3) is 11.0 Å². The van der Waals surface area contributed by atoms with Crippen molar-refractivity contribution in [2.45, 2.75) is 12.4 Å². The summed E-state index contributed by atoms with van der Waals surface area (Å²) in [6, 6.07) is 9.67. The van der Waals surface area contributed by atoms with E-state index in [2.05, 4.69) is 9.55 Å². The van der Waals surface area contributed by atoms with Gasteiger partial charge in [-0.3, -0.25) is 0 Å². The van der Waals surface area contributed by atoms with Crippen molar-refractivity contribution in [1.82, 2.24) is 9.55 Å². The Labute approximate surface area is 129 Å². The quantitative estimate of drug-likeness (QED) is 0.604. The molecule has 2 heterocycles. The number of hydrogen-bond acceptors (Lipinski definition) is 2. The number of alkyl halides is 1.